The number of carbonyl (C=O) groups excluding carboxylic acids is 2. The number of nitrogens with zero attached hydrogens (tertiary/aromatic N) is 3. The number of nitrogens with one attached hydrogen (secondary N) is 1. The van der Waals surface area contributed by atoms with Crippen molar-refractivity contribution in [1.29, 1.82) is 0 Å². The largest absolute Gasteiger partial charge is 0.489 e. The highest BCUT2D eigenvalue weighted by molar-refractivity contribution is 8.18. The number of benzene rings is 4. The maximum Gasteiger partial charge on any atom is 0.267 e. The Morgan fingerprint density at radius 2 is 1.73 bits per heavy atom. The van der Waals surface area contributed by atoms with E-state index in [-0.39, 0.29) is 25.0 Å². The lowest BCUT2D eigenvalue weighted by Gasteiger charge is -2.12. The standard InChI is InChI=1S/C38H32N4O5S/c1-27-16-18-31(19-17-27)40-36(43)26-47-34-15-6-5-12-30(34)22-35-37(44)42(24-33-14-8-20-45-33)38(48-35)41-39-23-29-11-7-13-32(21-29)46-25-28-9-3-2-4-10-28/h2-23H,24-26H2,1H3,(H,40,43)/b35-22-,39-23+,41-38-. The van der Waals surface area contributed by atoms with Crippen LogP contribution in [0.25, 0.3) is 6.08 Å². The minimum atomic E-state index is -0.294. The zero-order valence-electron chi connectivity index (χ0n) is 26.1. The van der Waals surface area contributed by atoms with E-state index in [2.05, 4.69) is 15.5 Å². The fourth-order valence-corrected chi connectivity index (χ4v) is 5.63. The molecular formula is C38H32N4O5S. The van der Waals surface area contributed by atoms with E-state index in [1.165, 1.54) is 16.7 Å². The van der Waals surface area contributed by atoms with E-state index in [1.807, 2.05) is 104 Å². The maximum atomic E-state index is 13.7. The third-order valence-corrected chi connectivity index (χ3v) is 8.14. The Morgan fingerprint density at radius 3 is 2.54 bits per heavy atom. The van der Waals surface area contributed by atoms with Gasteiger partial charge in [0.2, 0.25) is 0 Å². The predicted molar refractivity (Wildman–Crippen MR) is 189 cm³/mol. The normalized spacial score (nSPS) is 14.6. The van der Waals surface area contributed by atoms with Crippen molar-refractivity contribution in [2.24, 2.45) is 10.2 Å². The first kappa shape index (κ1) is 32.1. The summed E-state index contributed by atoms with van der Waals surface area (Å²) in [7, 11) is 0. The van der Waals surface area contributed by atoms with Gasteiger partial charge in [-0.25, -0.2) is 0 Å². The predicted octanol–water partition coefficient (Wildman–Crippen LogP) is 7.69. The monoisotopic (exact) mass is 656 g/mol. The molecule has 0 bridgehead atoms. The summed E-state index contributed by atoms with van der Waals surface area (Å²) >= 11 is 1.20. The quantitative estimate of drug-likeness (QED) is 0.0839. The number of furan rings is 1. The average molecular weight is 657 g/mol. The number of hydrogen-bond acceptors (Lipinski definition) is 8. The summed E-state index contributed by atoms with van der Waals surface area (Å²) in [5.74, 6) is 1.23. The highest BCUT2D eigenvalue weighted by Crippen LogP contribution is 2.35. The molecule has 0 saturated carbocycles. The molecule has 1 fully saturated rings. The molecule has 0 unspecified atom stereocenters. The molecule has 0 atom stereocenters. The first-order valence-electron chi connectivity index (χ1n) is 15.2. The molecular weight excluding hydrogens is 625 g/mol. The van der Waals surface area contributed by atoms with Crippen molar-refractivity contribution in [1.82, 2.24) is 4.90 Å². The first-order chi connectivity index (χ1) is 23.5. The molecule has 48 heavy (non-hydrogen) atoms. The number of para-hydroxylation sites is 1. The Kier molecular flexibility index (Phi) is 10.4. The van der Waals surface area contributed by atoms with Gasteiger partial charge in [-0.05, 0) is 78.4 Å². The molecule has 240 valence electrons. The molecule has 9 nitrogen and oxygen atoms in total. The smallest absolute Gasteiger partial charge is 0.267 e. The summed E-state index contributed by atoms with van der Waals surface area (Å²) in [4.78, 5) is 28.2. The maximum absolute atomic E-state index is 13.7. The SMILES string of the molecule is Cc1ccc(NC(=O)COc2ccccc2/C=C2\S/C(=N\N=C\c3cccc(OCc4ccccc4)c3)N(Cc3ccco3)C2=O)cc1. The number of thioether (sulfide) groups is 1. The van der Waals surface area contributed by atoms with Crippen LogP contribution in [0.4, 0.5) is 5.69 Å². The van der Waals surface area contributed by atoms with E-state index < -0.39 is 0 Å². The molecule has 1 N–H and O–H groups in total. The van der Waals surface area contributed by atoms with E-state index in [0.29, 0.717) is 45.2 Å². The van der Waals surface area contributed by atoms with Gasteiger partial charge in [0.15, 0.2) is 11.8 Å². The van der Waals surface area contributed by atoms with Crippen LogP contribution in [-0.4, -0.2) is 34.7 Å². The van der Waals surface area contributed by atoms with E-state index in [0.717, 1.165) is 16.7 Å². The zero-order valence-corrected chi connectivity index (χ0v) is 26.9. The molecule has 0 aliphatic carbocycles. The summed E-state index contributed by atoms with van der Waals surface area (Å²) in [5, 5.41) is 12.0. The van der Waals surface area contributed by atoms with Crippen molar-refractivity contribution in [3.05, 3.63) is 154 Å². The molecule has 1 saturated heterocycles. The summed E-state index contributed by atoms with van der Waals surface area (Å²) in [6.07, 6.45) is 4.91. The van der Waals surface area contributed by atoms with Crippen LogP contribution in [-0.2, 0) is 22.7 Å². The van der Waals surface area contributed by atoms with Crippen molar-refractivity contribution in [3.63, 3.8) is 0 Å². The third kappa shape index (κ3) is 8.68. The Balaban J connectivity index is 1.16. The molecule has 0 radical (unpaired) electrons. The van der Waals surface area contributed by atoms with Gasteiger partial charge in [-0.2, -0.15) is 5.10 Å². The van der Waals surface area contributed by atoms with E-state index in [4.69, 9.17) is 13.9 Å². The average Bonchev–Trinajstić information content (AvgIpc) is 3.73. The molecule has 10 heteroatoms. The van der Waals surface area contributed by atoms with E-state index in [1.54, 1.807) is 36.8 Å². The summed E-state index contributed by atoms with van der Waals surface area (Å²) in [6.45, 7) is 2.42. The van der Waals surface area contributed by atoms with Gasteiger partial charge in [-0.1, -0.05) is 78.4 Å². The van der Waals surface area contributed by atoms with Gasteiger partial charge in [0.25, 0.3) is 11.8 Å². The van der Waals surface area contributed by atoms with E-state index >= 15 is 0 Å². The lowest BCUT2D eigenvalue weighted by molar-refractivity contribution is -0.122. The van der Waals surface area contributed by atoms with Gasteiger partial charge in [-0.15, -0.1) is 5.10 Å². The molecule has 2 heterocycles. The van der Waals surface area contributed by atoms with Crippen molar-refractivity contribution in [2.45, 2.75) is 20.1 Å². The zero-order chi connectivity index (χ0) is 33.1. The summed E-state index contributed by atoms with van der Waals surface area (Å²) in [6, 6.07) is 35.8. The number of ether oxygens (including phenoxy) is 2. The number of carbonyl (C=O) groups is 2. The Labute approximate surface area is 282 Å². The number of hydrogen-bond donors (Lipinski definition) is 1. The molecule has 5 aromatic rings. The Hall–Kier alpha value is -5.87. The molecule has 1 aliphatic heterocycles. The molecule has 4 aromatic carbocycles. The van der Waals surface area contributed by atoms with Crippen LogP contribution < -0.4 is 14.8 Å². The minimum Gasteiger partial charge on any atom is -0.489 e. The van der Waals surface area contributed by atoms with Gasteiger partial charge >= 0.3 is 0 Å². The number of rotatable bonds is 12. The molecule has 1 aliphatic rings. The topological polar surface area (TPSA) is 106 Å². The number of anilines is 1. The molecule has 1 aromatic heterocycles. The highest BCUT2D eigenvalue weighted by atomic mass is 32.2. The van der Waals surface area contributed by atoms with Crippen LogP contribution in [0.15, 0.2) is 141 Å². The Morgan fingerprint density at radius 1 is 0.917 bits per heavy atom. The number of aryl methyl sites for hydroxylation is 1. The Bertz CT molecular complexity index is 1950. The molecule has 0 spiro atoms. The summed E-state index contributed by atoms with van der Waals surface area (Å²) < 4.78 is 17.3. The second-order valence-corrected chi connectivity index (χ2v) is 11.8. The van der Waals surface area contributed by atoms with Crippen molar-refractivity contribution >= 4 is 46.7 Å². The molecule has 2 amide bonds. The lowest BCUT2D eigenvalue weighted by atomic mass is 10.2. The van der Waals surface area contributed by atoms with Gasteiger partial charge in [0.1, 0.15) is 23.9 Å². The van der Waals surface area contributed by atoms with Crippen LogP contribution >= 0.6 is 11.8 Å². The fourth-order valence-electron chi connectivity index (χ4n) is 4.70. The number of amidine groups is 1. The fraction of sp³-hybridized carbons (Fsp3) is 0.105. The highest BCUT2D eigenvalue weighted by Gasteiger charge is 2.34. The van der Waals surface area contributed by atoms with Crippen molar-refractivity contribution < 1.29 is 23.5 Å². The lowest BCUT2D eigenvalue weighted by Crippen LogP contribution is -2.28. The van der Waals surface area contributed by atoms with E-state index in [9.17, 15) is 9.59 Å². The van der Waals surface area contributed by atoms with Crippen LogP contribution in [0.2, 0.25) is 0 Å². The van der Waals surface area contributed by atoms with Crippen LogP contribution in [0.1, 0.15) is 28.0 Å². The van der Waals surface area contributed by atoms with Gasteiger partial charge in [0, 0.05) is 11.3 Å². The van der Waals surface area contributed by atoms with Gasteiger partial charge in [-0.3, -0.25) is 14.5 Å². The second kappa shape index (κ2) is 15.6. The van der Waals surface area contributed by atoms with Crippen LogP contribution in [0, 0.1) is 6.92 Å². The van der Waals surface area contributed by atoms with Gasteiger partial charge < -0.3 is 19.2 Å². The third-order valence-electron chi connectivity index (χ3n) is 7.14. The minimum absolute atomic E-state index is 0.185. The first-order valence-corrected chi connectivity index (χ1v) is 16.0. The number of amides is 2. The van der Waals surface area contributed by atoms with Crippen molar-refractivity contribution in [3.8, 4) is 11.5 Å². The van der Waals surface area contributed by atoms with Crippen LogP contribution in [0.5, 0.6) is 11.5 Å². The van der Waals surface area contributed by atoms with Crippen LogP contribution in [0.3, 0.4) is 0 Å². The van der Waals surface area contributed by atoms with Gasteiger partial charge in [0.05, 0.1) is 23.9 Å². The molecule has 6 rings (SSSR count). The summed E-state index contributed by atoms with van der Waals surface area (Å²) in [5.41, 5.74) is 4.30. The van der Waals surface area contributed by atoms with Crippen molar-refractivity contribution in [2.75, 3.05) is 11.9 Å². The second-order valence-electron chi connectivity index (χ2n) is 10.8.